The van der Waals surface area contributed by atoms with Crippen molar-refractivity contribution in [1.29, 1.82) is 0 Å². The zero-order chi connectivity index (χ0) is 32.5. The predicted molar refractivity (Wildman–Crippen MR) is 180 cm³/mol. The number of carbonyl (C=O) groups excluding carboxylic acids is 2. The fraction of sp³-hybridized carbons (Fsp3) is 0.429. The lowest BCUT2D eigenvalue weighted by atomic mass is 10.0. The Morgan fingerprint density at radius 3 is 2.45 bits per heavy atom. The van der Waals surface area contributed by atoms with Crippen LogP contribution in [-0.2, 0) is 16.0 Å². The van der Waals surface area contributed by atoms with Gasteiger partial charge in [0, 0.05) is 24.0 Å². The highest BCUT2D eigenvalue weighted by Crippen LogP contribution is 2.26. The molecule has 0 saturated carbocycles. The maximum Gasteiger partial charge on any atom is 0.339 e. The SMILES string of the molecule is C=C\C=C(/N=C(/C=C(\N)C(=O)Nc1ccc(C(=O)OCCN(CCC)CCC(C)C)cn1)CC)c1ccc(OC)c(CC)c1. The van der Waals surface area contributed by atoms with Crippen LogP contribution in [0, 0.1) is 5.92 Å². The lowest BCUT2D eigenvalue weighted by Crippen LogP contribution is -2.30. The number of aromatic nitrogens is 1. The molecule has 0 saturated heterocycles. The number of methoxy groups -OCH3 is 1. The van der Waals surface area contributed by atoms with E-state index in [4.69, 9.17) is 20.2 Å². The molecular formula is C35H49N5O4. The van der Waals surface area contributed by atoms with Gasteiger partial charge in [0.1, 0.15) is 18.2 Å². The van der Waals surface area contributed by atoms with E-state index in [9.17, 15) is 9.59 Å². The average molecular weight is 604 g/mol. The average Bonchev–Trinajstić information content (AvgIpc) is 3.02. The van der Waals surface area contributed by atoms with Gasteiger partial charge in [0.05, 0.1) is 24.1 Å². The summed E-state index contributed by atoms with van der Waals surface area (Å²) in [5.41, 5.74) is 9.69. The third-order valence-corrected chi connectivity index (χ3v) is 6.89. The molecule has 1 aromatic carbocycles. The highest BCUT2D eigenvalue weighted by molar-refractivity contribution is 6.09. The molecule has 0 aliphatic rings. The Hall–Kier alpha value is -4.24. The highest BCUT2D eigenvalue weighted by atomic mass is 16.5. The van der Waals surface area contributed by atoms with Gasteiger partial charge in [-0.05, 0) is 92.7 Å². The van der Waals surface area contributed by atoms with Crippen LogP contribution >= 0.6 is 0 Å². The number of ether oxygens (including phenoxy) is 2. The van der Waals surface area contributed by atoms with E-state index >= 15 is 0 Å². The minimum atomic E-state index is -0.529. The van der Waals surface area contributed by atoms with Gasteiger partial charge in [0.15, 0.2) is 0 Å². The first-order chi connectivity index (χ1) is 21.1. The van der Waals surface area contributed by atoms with Gasteiger partial charge in [-0.1, -0.05) is 47.3 Å². The van der Waals surface area contributed by atoms with Crippen molar-refractivity contribution in [3.63, 3.8) is 0 Å². The second kappa shape index (κ2) is 19.1. The number of hydrogen-bond donors (Lipinski definition) is 2. The molecule has 1 heterocycles. The Bertz CT molecular complexity index is 1330. The fourth-order valence-electron chi connectivity index (χ4n) is 4.36. The van der Waals surface area contributed by atoms with Crippen LogP contribution in [0.1, 0.15) is 75.4 Å². The minimum absolute atomic E-state index is 0.0214. The number of benzene rings is 1. The Labute approximate surface area is 262 Å². The van der Waals surface area contributed by atoms with Crippen LogP contribution in [0.5, 0.6) is 5.75 Å². The molecule has 0 fully saturated rings. The van der Waals surface area contributed by atoms with Crippen LogP contribution in [0.2, 0.25) is 0 Å². The monoisotopic (exact) mass is 603 g/mol. The second-order valence-electron chi connectivity index (χ2n) is 10.8. The number of allylic oxidation sites excluding steroid dienone is 3. The van der Waals surface area contributed by atoms with Gasteiger partial charge in [0.25, 0.3) is 5.91 Å². The van der Waals surface area contributed by atoms with E-state index in [-0.39, 0.29) is 11.5 Å². The molecule has 0 aliphatic heterocycles. The van der Waals surface area contributed by atoms with E-state index in [1.165, 1.54) is 6.20 Å². The molecule has 0 aliphatic carbocycles. The number of esters is 1. The van der Waals surface area contributed by atoms with Crippen molar-refractivity contribution in [2.75, 3.05) is 38.7 Å². The number of hydrogen-bond acceptors (Lipinski definition) is 8. The largest absolute Gasteiger partial charge is 0.496 e. The zero-order valence-corrected chi connectivity index (χ0v) is 27.2. The van der Waals surface area contributed by atoms with Crippen molar-refractivity contribution >= 4 is 29.1 Å². The number of nitrogens with one attached hydrogen (secondary N) is 1. The predicted octanol–water partition coefficient (Wildman–Crippen LogP) is 6.43. The van der Waals surface area contributed by atoms with Crippen molar-refractivity contribution in [2.45, 2.75) is 60.3 Å². The van der Waals surface area contributed by atoms with Crippen molar-refractivity contribution in [3.05, 3.63) is 83.7 Å². The third kappa shape index (κ3) is 11.8. The number of nitrogens with zero attached hydrogens (tertiary/aromatic N) is 3. The molecule has 0 radical (unpaired) electrons. The van der Waals surface area contributed by atoms with Gasteiger partial charge < -0.3 is 20.5 Å². The van der Waals surface area contributed by atoms with Gasteiger partial charge >= 0.3 is 5.97 Å². The maximum absolute atomic E-state index is 12.8. The van der Waals surface area contributed by atoms with Crippen LogP contribution in [-0.4, -0.2) is 60.8 Å². The lowest BCUT2D eigenvalue weighted by Gasteiger charge is -2.22. The molecule has 0 unspecified atom stereocenters. The number of rotatable bonds is 18. The number of anilines is 1. The third-order valence-electron chi connectivity index (χ3n) is 6.89. The van der Waals surface area contributed by atoms with E-state index in [1.54, 1.807) is 31.4 Å². The first kappa shape index (κ1) is 36.0. The molecule has 0 bridgehead atoms. The number of amides is 1. The Morgan fingerprint density at radius 1 is 1.11 bits per heavy atom. The van der Waals surface area contributed by atoms with Gasteiger partial charge in [-0.2, -0.15) is 0 Å². The van der Waals surface area contributed by atoms with Crippen LogP contribution in [0.4, 0.5) is 5.82 Å². The van der Waals surface area contributed by atoms with E-state index in [2.05, 4.69) is 49.5 Å². The minimum Gasteiger partial charge on any atom is -0.496 e. The quantitative estimate of drug-likeness (QED) is 0.0873. The van der Waals surface area contributed by atoms with E-state index in [1.807, 2.05) is 31.2 Å². The summed E-state index contributed by atoms with van der Waals surface area (Å²) in [6.45, 7) is 17.3. The number of nitrogens with two attached hydrogens (primary N) is 1. The van der Waals surface area contributed by atoms with Crippen LogP contribution in [0.15, 0.2) is 72.0 Å². The highest BCUT2D eigenvalue weighted by Gasteiger charge is 2.13. The second-order valence-corrected chi connectivity index (χ2v) is 10.8. The Morgan fingerprint density at radius 2 is 1.86 bits per heavy atom. The molecule has 0 spiro atoms. The molecule has 1 aromatic heterocycles. The summed E-state index contributed by atoms with van der Waals surface area (Å²) in [6, 6.07) is 8.99. The molecular weight excluding hydrogens is 554 g/mol. The fourth-order valence-corrected chi connectivity index (χ4v) is 4.36. The van der Waals surface area contributed by atoms with Gasteiger partial charge in [0.2, 0.25) is 0 Å². The normalized spacial score (nSPS) is 12.4. The maximum atomic E-state index is 12.8. The molecule has 238 valence electrons. The molecule has 2 aromatic rings. The number of pyridine rings is 1. The van der Waals surface area contributed by atoms with Crippen LogP contribution in [0.3, 0.4) is 0 Å². The topological polar surface area (TPSA) is 119 Å². The lowest BCUT2D eigenvalue weighted by molar-refractivity contribution is -0.112. The standard InChI is InChI=1S/C35H49N5O4/c1-8-12-31(27-13-15-32(43-7)26(10-3)22-27)38-29(11-4)23-30(36)34(41)39-33-16-14-28(24-37-33)35(42)44-21-20-40(18-9-2)19-17-25(5)6/h8,12-16,22-25H,1,9-11,17-21,36H2,2-7H3,(H,37,39,41)/b30-23-,31-12-,38-29+. The van der Waals surface area contributed by atoms with E-state index < -0.39 is 11.9 Å². The Balaban J connectivity index is 2.05. The van der Waals surface area contributed by atoms with Crippen molar-refractivity contribution in [2.24, 2.45) is 16.6 Å². The summed E-state index contributed by atoms with van der Waals surface area (Å²) < 4.78 is 10.9. The van der Waals surface area contributed by atoms with Gasteiger partial charge in [-0.15, -0.1) is 0 Å². The summed E-state index contributed by atoms with van der Waals surface area (Å²) in [6.07, 6.45) is 9.91. The van der Waals surface area contributed by atoms with Crippen LogP contribution < -0.4 is 15.8 Å². The summed E-state index contributed by atoms with van der Waals surface area (Å²) in [7, 11) is 1.65. The first-order valence-corrected chi connectivity index (χ1v) is 15.4. The van der Waals surface area contributed by atoms with Gasteiger partial charge in [-0.25, -0.2) is 9.78 Å². The molecule has 9 heteroatoms. The summed E-state index contributed by atoms with van der Waals surface area (Å²) in [4.78, 5) is 36.6. The van der Waals surface area contributed by atoms with Crippen molar-refractivity contribution < 1.29 is 19.1 Å². The van der Waals surface area contributed by atoms with E-state index in [0.717, 1.165) is 49.2 Å². The van der Waals surface area contributed by atoms with Crippen molar-refractivity contribution in [3.8, 4) is 5.75 Å². The molecule has 3 N–H and O–H groups in total. The molecule has 9 nitrogen and oxygen atoms in total. The molecule has 44 heavy (non-hydrogen) atoms. The van der Waals surface area contributed by atoms with Crippen molar-refractivity contribution in [1.82, 2.24) is 9.88 Å². The summed E-state index contributed by atoms with van der Waals surface area (Å²) >= 11 is 0. The van der Waals surface area contributed by atoms with Gasteiger partial charge in [-0.3, -0.25) is 14.7 Å². The summed E-state index contributed by atoms with van der Waals surface area (Å²) in [5.74, 6) is 0.725. The first-order valence-electron chi connectivity index (χ1n) is 15.4. The number of aliphatic imine (C=N–C) groups is 1. The van der Waals surface area contributed by atoms with E-state index in [0.29, 0.717) is 42.5 Å². The number of aryl methyl sites for hydroxylation is 1. The zero-order valence-electron chi connectivity index (χ0n) is 27.2. The molecule has 2 rings (SSSR count). The number of carbonyl (C=O) groups is 2. The summed E-state index contributed by atoms with van der Waals surface area (Å²) in [5, 5.41) is 2.67. The molecule has 0 atom stereocenters. The smallest absolute Gasteiger partial charge is 0.339 e. The molecule has 1 amide bonds. The van der Waals surface area contributed by atoms with Crippen LogP contribution in [0.25, 0.3) is 5.70 Å². The Kier molecular flexibility index (Phi) is 15.6.